The van der Waals surface area contributed by atoms with Gasteiger partial charge in [0.2, 0.25) is 11.8 Å². The van der Waals surface area contributed by atoms with Crippen molar-refractivity contribution in [1.82, 2.24) is 9.80 Å². The van der Waals surface area contributed by atoms with Crippen molar-refractivity contribution in [2.75, 3.05) is 56.1 Å². The molecule has 1 fully saturated rings. The number of piperazine rings is 1. The molecule has 0 spiro atoms. The number of para-hydroxylation sites is 1. The molecule has 1 saturated heterocycles. The maximum Gasteiger partial charge on any atom is 0.256 e. The van der Waals surface area contributed by atoms with Gasteiger partial charge < -0.3 is 19.6 Å². The second kappa shape index (κ2) is 8.36. The fourth-order valence-electron chi connectivity index (χ4n) is 3.86. The summed E-state index contributed by atoms with van der Waals surface area (Å²) in [5.41, 5.74) is 2.00. The summed E-state index contributed by atoms with van der Waals surface area (Å²) in [6.07, 6.45) is 0. The van der Waals surface area contributed by atoms with Gasteiger partial charge >= 0.3 is 0 Å². The average Bonchev–Trinajstić information content (AvgIpc) is 2.85. The van der Waals surface area contributed by atoms with Gasteiger partial charge in [-0.25, -0.2) is 0 Å². The van der Waals surface area contributed by atoms with E-state index < -0.39 is 0 Å². The number of amides is 3. The maximum atomic E-state index is 13.0. The Kier molecular flexibility index (Phi) is 5.63. The van der Waals surface area contributed by atoms with E-state index in [4.69, 9.17) is 11.6 Å². The second-order valence-electron chi connectivity index (χ2n) is 7.50. The van der Waals surface area contributed by atoms with Gasteiger partial charge in [0.1, 0.15) is 13.1 Å². The molecule has 0 saturated carbocycles. The predicted molar refractivity (Wildman–Crippen MR) is 116 cm³/mol. The molecule has 156 valence electrons. The molecule has 2 aliphatic heterocycles. The Morgan fingerprint density at radius 1 is 0.967 bits per heavy atom. The number of nitrogens with zero attached hydrogens (tertiary/aromatic N) is 4. The zero-order chi connectivity index (χ0) is 21.3. The fraction of sp³-hybridized carbons (Fsp3) is 0.318. The molecule has 0 atom stereocenters. The SMILES string of the molecule is CN1CC(=O)N(CC(=O)N2CCN(c3ccc(Cl)cc3)CC2)c2ccccc2C1=O. The van der Waals surface area contributed by atoms with Crippen molar-refractivity contribution in [2.24, 2.45) is 0 Å². The molecule has 7 nitrogen and oxygen atoms in total. The van der Waals surface area contributed by atoms with E-state index in [1.165, 1.54) is 9.80 Å². The van der Waals surface area contributed by atoms with Crippen LogP contribution in [0, 0.1) is 0 Å². The van der Waals surface area contributed by atoms with E-state index in [9.17, 15) is 14.4 Å². The molecule has 0 aliphatic carbocycles. The summed E-state index contributed by atoms with van der Waals surface area (Å²) in [6.45, 7) is 2.44. The van der Waals surface area contributed by atoms with Crippen LogP contribution in [-0.4, -0.2) is 73.8 Å². The molecule has 4 rings (SSSR count). The third-order valence-corrected chi connectivity index (χ3v) is 5.81. The summed E-state index contributed by atoms with van der Waals surface area (Å²) in [5, 5.41) is 0.694. The highest BCUT2D eigenvalue weighted by atomic mass is 35.5. The number of halogens is 1. The van der Waals surface area contributed by atoms with Crippen molar-refractivity contribution in [3.63, 3.8) is 0 Å². The van der Waals surface area contributed by atoms with Gasteiger partial charge in [-0.05, 0) is 36.4 Å². The number of hydrogen-bond acceptors (Lipinski definition) is 4. The molecule has 8 heteroatoms. The number of carbonyl (C=O) groups is 3. The molecule has 0 bridgehead atoms. The molecule has 0 aromatic heterocycles. The van der Waals surface area contributed by atoms with E-state index in [1.807, 2.05) is 24.3 Å². The standard InChI is InChI=1S/C22H23ClN4O3/c1-24-14-21(29)27(19-5-3-2-4-18(19)22(24)30)15-20(28)26-12-10-25(11-13-26)17-8-6-16(23)7-9-17/h2-9H,10-15H2,1H3. The summed E-state index contributed by atoms with van der Waals surface area (Å²) < 4.78 is 0. The van der Waals surface area contributed by atoms with Crippen molar-refractivity contribution in [3.8, 4) is 0 Å². The lowest BCUT2D eigenvalue weighted by atomic mass is 10.1. The number of likely N-dealkylation sites (N-methyl/N-ethyl adjacent to an activating group) is 1. The minimum absolute atomic E-state index is 0.0505. The Labute approximate surface area is 180 Å². The Balaban J connectivity index is 1.45. The molecule has 2 heterocycles. The highest BCUT2D eigenvalue weighted by Crippen LogP contribution is 2.25. The Morgan fingerprint density at radius 3 is 2.33 bits per heavy atom. The van der Waals surface area contributed by atoms with Gasteiger partial charge in [0.25, 0.3) is 5.91 Å². The summed E-state index contributed by atoms with van der Waals surface area (Å²) in [4.78, 5) is 45.1. The smallest absolute Gasteiger partial charge is 0.256 e. The van der Waals surface area contributed by atoms with E-state index in [0.29, 0.717) is 42.5 Å². The van der Waals surface area contributed by atoms with Gasteiger partial charge in [-0.3, -0.25) is 14.4 Å². The summed E-state index contributed by atoms with van der Waals surface area (Å²) in [6, 6.07) is 14.6. The molecule has 0 N–H and O–H groups in total. The topological polar surface area (TPSA) is 64.2 Å². The Bertz CT molecular complexity index is 971. The highest BCUT2D eigenvalue weighted by molar-refractivity contribution is 6.30. The molecular formula is C22H23ClN4O3. The lowest BCUT2D eigenvalue weighted by Gasteiger charge is -2.37. The third-order valence-electron chi connectivity index (χ3n) is 5.56. The molecule has 0 unspecified atom stereocenters. The number of benzene rings is 2. The van der Waals surface area contributed by atoms with Crippen molar-refractivity contribution < 1.29 is 14.4 Å². The fourth-order valence-corrected chi connectivity index (χ4v) is 3.99. The van der Waals surface area contributed by atoms with Gasteiger partial charge in [-0.15, -0.1) is 0 Å². The van der Waals surface area contributed by atoms with E-state index in [0.717, 1.165) is 5.69 Å². The van der Waals surface area contributed by atoms with E-state index in [2.05, 4.69) is 4.90 Å². The van der Waals surface area contributed by atoms with E-state index >= 15 is 0 Å². The Hall–Kier alpha value is -3.06. The van der Waals surface area contributed by atoms with Crippen LogP contribution in [0.2, 0.25) is 5.02 Å². The molecule has 2 aromatic rings. The number of carbonyl (C=O) groups excluding carboxylic acids is 3. The largest absolute Gasteiger partial charge is 0.368 e. The molecule has 3 amide bonds. The average molecular weight is 427 g/mol. The van der Waals surface area contributed by atoms with Crippen molar-refractivity contribution in [1.29, 1.82) is 0 Å². The summed E-state index contributed by atoms with van der Waals surface area (Å²) in [5.74, 6) is -0.597. The van der Waals surface area contributed by atoms with Crippen molar-refractivity contribution in [3.05, 3.63) is 59.1 Å². The van der Waals surface area contributed by atoms with Gasteiger partial charge in [-0.2, -0.15) is 0 Å². The summed E-state index contributed by atoms with van der Waals surface area (Å²) in [7, 11) is 1.60. The first-order valence-electron chi connectivity index (χ1n) is 9.87. The van der Waals surface area contributed by atoms with Crippen LogP contribution in [0.4, 0.5) is 11.4 Å². The van der Waals surface area contributed by atoms with E-state index in [-0.39, 0.29) is 30.8 Å². The van der Waals surface area contributed by atoms with Crippen molar-refractivity contribution >= 4 is 40.7 Å². The van der Waals surface area contributed by atoms with Crippen LogP contribution in [0.5, 0.6) is 0 Å². The third kappa shape index (κ3) is 3.98. The van der Waals surface area contributed by atoms with Gasteiger partial charge in [0, 0.05) is 43.9 Å². The molecule has 2 aliphatic rings. The van der Waals surface area contributed by atoms with Crippen LogP contribution >= 0.6 is 11.6 Å². The van der Waals surface area contributed by atoms with Crippen LogP contribution < -0.4 is 9.80 Å². The Morgan fingerprint density at radius 2 is 1.63 bits per heavy atom. The van der Waals surface area contributed by atoms with Crippen LogP contribution in [0.25, 0.3) is 0 Å². The number of hydrogen-bond donors (Lipinski definition) is 0. The van der Waals surface area contributed by atoms with Crippen LogP contribution in [0.15, 0.2) is 48.5 Å². The van der Waals surface area contributed by atoms with Crippen LogP contribution in [0.1, 0.15) is 10.4 Å². The summed E-state index contributed by atoms with van der Waals surface area (Å²) >= 11 is 5.96. The maximum absolute atomic E-state index is 13.0. The molecule has 30 heavy (non-hydrogen) atoms. The first-order chi connectivity index (χ1) is 14.4. The predicted octanol–water partition coefficient (Wildman–Crippen LogP) is 2.11. The van der Waals surface area contributed by atoms with Gasteiger partial charge in [-0.1, -0.05) is 23.7 Å². The molecule has 2 aromatic carbocycles. The zero-order valence-corrected chi connectivity index (χ0v) is 17.5. The quantitative estimate of drug-likeness (QED) is 0.754. The lowest BCUT2D eigenvalue weighted by molar-refractivity contribution is -0.131. The monoisotopic (exact) mass is 426 g/mol. The second-order valence-corrected chi connectivity index (χ2v) is 7.94. The van der Waals surface area contributed by atoms with Gasteiger partial charge in [0.05, 0.1) is 11.3 Å². The number of anilines is 2. The van der Waals surface area contributed by atoms with E-state index in [1.54, 1.807) is 36.2 Å². The molecule has 0 radical (unpaired) electrons. The first-order valence-corrected chi connectivity index (χ1v) is 10.2. The number of fused-ring (bicyclic) bond motifs is 1. The van der Waals surface area contributed by atoms with Crippen LogP contribution in [0.3, 0.4) is 0 Å². The zero-order valence-electron chi connectivity index (χ0n) is 16.8. The van der Waals surface area contributed by atoms with Gasteiger partial charge in [0.15, 0.2) is 0 Å². The first kappa shape index (κ1) is 20.2. The number of rotatable bonds is 3. The normalized spacial score (nSPS) is 17.1. The molecular weight excluding hydrogens is 404 g/mol. The van der Waals surface area contributed by atoms with Crippen LogP contribution in [-0.2, 0) is 9.59 Å². The minimum atomic E-state index is -0.260. The minimum Gasteiger partial charge on any atom is -0.368 e. The van der Waals surface area contributed by atoms with Crippen molar-refractivity contribution in [2.45, 2.75) is 0 Å². The highest BCUT2D eigenvalue weighted by Gasteiger charge is 2.32. The lowest BCUT2D eigenvalue weighted by Crippen LogP contribution is -2.52.